The van der Waals surface area contributed by atoms with Crippen LogP contribution in [-0.2, 0) is 19.1 Å². The molecular weight excluding hydrogens is 390 g/mol. The molecule has 0 spiro atoms. The van der Waals surface area contributed by atoms with E-state index in [1.54, 1.807) is 13.8 Å². The number of nitrogens with zero attached hydrogens (tertiary/aromatic N) is 4. The van der Waals surface area contributed by atoms with Crippen molar-refractivity contribution in [2.75, 3.05) is 13.2 Å². The molecule has 0 bridgehead atoms. The van der Waals surface area contributed by atoms with Gasteiger partial charge in [-0.3, -0.25) is 15.0 Å². The van der Waals surface area contributed by atoms with Gasteiger partial charge in [-0.05, 0) is 19.4 Å². The lowest BCUT2D eigenvalue weighted by Crippen LogP contribution is -2.69. The zero-order valence-corrected chi connectivity index (χ0v) is 14.7. The van der Waals surface area contributed by atoms with Gasteiger partial charge in [-0.25, -0.2) is 4.79 Å². The predicted molar refractivity (Wildman–Crippen MR) is 82.5 cm³/mol. The Kier molecular flexibility index (Phi) is 5.88. The summed E-state index contributed by atoms with van der Waals surface area (Å²) in [5.74, 6) is -0.527. The van der Waals surface area contributed by atoms with E-state index in [0.717, 1.165) is 0 Å². The maximum absolute atomic E-state index is 12.3. The van der Waals surface area contributed by atoms with Crippen molar-refractivity contribution in [3.8, 4) is 0 Å². The number of carbonyl (C=O) groups excluding carboxylic acids is 2. The van der Waals surface area contributed by atoms with Crippen LogP contribution >= 0.6 is 15.9 Å². The molecule has 0 aliphatic carbocycles. The van der Waals surface area contributed by atoms with Crippen molar-refractivity contribution < 1.29 is 29.0 Å². The predicted octanol–water partition coefficient (Wildman–Crippen LogP) is 0.772. The Balaban J connectivity index is 2.25. The van der Waals surface area contributed by atoms with Crippen LogP contribution < -0.4 is 5.32 Å². The molecule has 2 rings (SSSR count). The molecule has 2 fully saturated rings. The fraction of sp³-hybridized carbons (Fsp3) is 0.833. The van der Waals surface area contributed by atoms with Gasteiger partial charge in [-0.1, -0.05) is 15.9 Å². The first-order valence-corrected chi connectivity index (χ1v) is 8.06. The lowest BCUT2D eigenvalue weighted by molar-refractivity contribution is -0.159. The molecule has 0 radical (unpaired) electrons. The highest BCUT2D eigenvalue weighted by molar-refractivity contribution is 9.10. The lowest BCUT2D eigenvalue weighted by atomic mass is 10.0. The molecule has 1 unspecified atom stereocenters. The van der Waals surface area contributed by atoms with E-state index >= 15 is 0 Å². The average molecular weight is 408 g/mol. The van der Waals surface area contributed by atoms with E-state index in [9.17, 15) is 14.7 Å². The Labute approximate surface area is 145 Å². The zero-order valence-electron chi connectivity index (χ0n) is 13.1. The molecule has 2 aliphatic heterocycles. The summed E-state index contributed by atoms with van der Waals surface area (Å²) >= 11 is 3.30. The number of ether oxygens (including phenoxy) is 2. The van der Waals surface area contributed by atoms with Crippen LogP contribution in [0.2, 0.25) is 0 Å². The molecule has 2 saturated heterocycles. The highest BCUT2D eigenvalue weighted by Gasteiger charge is 2.54. The van der Waals surface area contributed by atoms with Crippen LogP contribution in [0.5, 0.6) is 0 Å². The van der Waals surface area contributed by atoms with Gasteiger partial charge in [0, 0.05) is 17.9 Å². The minimum atomic E-state index is -1.18. The van der Waals surface area contributed by atoms with Crippen molar-refractivity contribution in [3.63, 3.8) is 0 Å². The van der Waals surface area contributed by atoms with Crippen LogP contribution in [0, 0.1) is 0 Å². The monoisotopic (exact) mass is 407 g/mol. The van der Waals surface area contributed by atoms with E-state index in [-0.39, 0.29) is 19.6 Å². The summed E-state index contributed by atoms with van der Waals surface area (Å²) in [6.45, 7) is 3.19. The molecule has 2 N–H and O–H groups in total. The molecular formula is C12H18BrN5O6. The normalized spacial score (nSPS) is 36.2. The van der Waals surface area contributed by atoms with Crippen LogP contribution in [-0.4, -0.2) is 64.1 Å². The number of aliphatic hydroxyl groups excluding tert-OH is 1. The third-order valence-corrected chi connectivity index (χ3v) is 4.58. The second-order valence-electron chi connectivity index (χ2n) is 5.41. The molecule has 12 heteroatoms. The molecule has 0 aromatic rings. The van der Waals surface area contributed by atoms with Crippen molar-refractivity contribution in [1.82, 2.24) is 10.2 Å². The summed E-state index contributed by atoms with van der Waals surface area (Å²) in [5.41, 5.74) is 8.34. The van der Waals surface area contributed by atoms with E-state index in [4.69, 9.17) is 19.8 Å². The van der Waals surface area contributed by atoms with Gasteiger partial charge in [0.1, 0.15) is 28.0 Å². The minimum absolute atomic E-state index is 0.137. The Morgan fingerprint density at radius 3 is 2.92 bits per heavy atom. The van der Waals surface area contributed by atoms with Gasteiger partial charge in [0.2, 0.25) is 5.91 Å². The van der Waals surface area contributed by atoms with E-state index in [0.29, 0.717) is 0 Å². The molecule has 5 atom stereocenters. The second kappa shape index (κ2) is 7.53. The average Bonchev–Trinajstić information content (AvgIpc) is 2.94. The van der Waals surface area contributed by atoms with Gasteiger partial charge in [0.05, 0.1) is 6.61 Å². The first-order chi connectivity index (χ1) is 11.4. The molecule has 2 heterocycles. The fourth-order valence-corrected chi connectivity index (χ4v) is 3.12. The number of urea groups is 1. The second-order valence-corrected chi connectivity index (χ2v) is 7.06. The van der Waals surface area contributed by atoms with Gasteiger partial charge >= 0.3 is 6.03 Å². The highest BCUT2D eigenvalue weighted by Crippen LogP contribution is 2.36. The fourth-order valence-electron chi connectivity index (χ4n) is 2.67. The molecule has 3 amide bonds. The SMILES string of the molecule is CCO[C@H]1N([C@H]2CC(ON=[N+]=[N-])[C@@H](CO)O2)C(=O)NC(=O)[C@]1(C)Br. The van der Waals surface area contributed by atoms with Crippen LogP contribution in [0.3, 0.4) is 0 Å². The smallest absolute Gasteiger partial charge is 0.328 e. The summed E-state index contributed by atoms with van der Waals surface area (Å²) in [5, 5.41) is 14.6. The minimum Gasteiger partial charge on any atom is -0.427 e. The number of amides is 3. The molecule has 0 saturated carbocycles. The summed E-state index contributed by atoms with van der Waals surface area (Å²) in [6.07, 6.45) is -3.13. The number of carbonyl (C=O) groups is 2. The number of halogens is 1. The van der Waals surface area contributed by atoms with Crippen molar-refractivity contribution in [1.29, 1.82) is 0 Å². The Hall–Kier alpha value is -1.59. The topological polar surface area (TPSA) is 146 Å². The van der Waals surface area contributed by atoms with Gasteiger partial charge in [0.25, 0.3) is 0 Å². The van der Waals surface area contributed by atoms with Gasteiger partial charge < -0.3 is 19.4 Å². The first kappa shape index (κ1) is 18.7. The molecule has 2 aliphatic rings. The maximum atomic E-state index is 12.3. The van der Waals surface area contributed by atoms with Crippen LogP contribution in [0.1, 0.15) is 20.3 Å². The summed E-state index contributed by atoms with van der Waals surface area (Å²) < 4.78 is 10.0. The van der Waals surface area contributed by atoms with Crippen molar-refractivity contribution >= 4 is 27.9 Å². The maximum Gasteiger partial charge on any atom is 0.328 e. The third kappa shape index (κ3) is 3.42. The van der Waals surface area contributed by atoms with E-state index < -0.39 is 40.9 Å². The number of alkyl halides is 1. The van der Waals surface area contributed by atoms with E-state index in [2.05, 4.69) is 31.4 Å². The van der Waals surface area contributed by atoms with Crippen molar-refractivity contribution in [3.05, 3.63) is 10.4 Å². The Morgan fingerprint density at radius 1 is 1.62 bits per heavy atom. The molecule has 134 valence electrons. The zero-order chi connectivity index (χ0) is 17.9. The number of hydrogen-bond acceptors (Lipinski definition) is 7. The number of hydrogen-bond donors (Lipinski definition) is 2. The Bertz CT molecular complexity index is 554. The van der Waals surface area contributed by atoms with Crippen LogP contribution in [0.4, 0.5) is 4.79 Å². The first-order valence-electron chi connectivity index (χ1n) is 7.27. The largest absolute Gasteiger partial charge is 0.427 e. The number of rotatable bonds is 6. The Morgan fingerprint density at radius 2 is 2.33 bits per heavy atom. The summed E-state index contributed by atoms with van der Waals surface area (Å²) in [4.78, 5) is 33.0. The van der Waals surface area contributed by atoms with Gasteiger partial charge in [0.15, 0.2) is 6.23 Å². The standard InChI is InChI=1S/C12H18BrN5O6/c1-3-22-10-12(2,13)9(20)15-11(21)18(10)8-4-6(24-17-16-14)7(5-19)23-8/h6-8,10,19H,3-5H2,1-2H3,(H,15,20,21)/t6?,7-,8-,10-,12+/m1/s1. The highest BCUT2D eigenvalue weighted by atomic mass is 79.9. The van der Waals surface area contributed by atoms with Crippen molar-refractivity contribution in [2.45, 2.75) is 49.3 Å². The lowest BCUT2D eigenvalue weighted by Gasteiger charge is -2.45. The third-order valence-electron chi connectivity index (χ3n) is 3.83. The number of nitrogens with one attached hydrogen (secondary N) is 1. The number of aliphatic hydroxyl groups is 1. The van der Waals surface area contributed by atoms with Crippen LogP contribution in [0.15, 0.2) is 5.28 Å². The molecule has 0 aromatic carbocycles. The van der Waals surface area contributed by atoms with Crippen LogP contribution in [0.25, 0.3) is 10.4 Å². The summed E-state index contributed by atoms with van der Waals surface area (Å²) in [6, 6.07) is -0.679. The number of azide groups is 1. The van der Waals surface area contributed by atoms with Crippen molar-refractivity contribution in [2.24, 2.45) is 5.28 Å². The van der Waals surface area contributed by atoms with Gasteiger partial charge in [-0.2, -0.15) is 0 Å². The molecule has 11 nitrogen and oxygen atoms in total. The summed E-state index contributed by atoms with van der Waals surface area (Å²) in [7, 11) is 0. The van der Waals surface area contributed by atoms with Gasteiger partial charge in [-0.15, -0.1) is 0 Å². The molecule has 24 heavy (non-hydrogen) atoms. The number of imide groups is 1. The molecule has 0 aromatic heterocycles. The van der Waals surface area contributed by atoms with E-state index in [1.165, 1.54) is 4.90 Å². The quantitative estimate of drug-likeness (QED) is 0.218. The van der Waals surface area contributed by atoms with E-state index in [1.807, 2.05) is 0 Å².